The second kappa shape index (κ2) is 5.12. The maximum atomic E-state index is 4.37. The van der Waals surface area contributed by atoms with Gasteiger partial charge in [-0.1, -0.05) is 19.8 Å². The first kappa shape index (κ1) is 10.4. The normalized spacial score (nSPS) is 10.7. The van der Waals surface area contributed by atoms with Crippen LogP contribution in [0, 0.1) is 0 Å². The van der Waals surface area contributed by atoms with Gasteiger partial charge in [-0.05, 0) is 23.9 Å². The van der Waals surface area contributed by atoms with Crippen LogP contribution in [0.1, 0.15) is 26.2 Å². The van der Waals surface area contributed by atoms with E-state index in [1.165, 1.54) is 29.3 Å². The number of thiophene rings is 1. The molecule has 15 heavy (non-hydrogen) atoms. The third-order valence-corrected chi connectivity index (χ3v) is 3.33. The molecule has 2 heterocycles. The number of aromatic nitrogens is 1. The van der Waals surface area contributed by atoms with E-state index >= 15 is 0 Å². The topological polar surface area (TPSA) is 24.9 Å². The van der Waals surface area contributed by atoms with Gasteiger partial charge in [0.1, 0.15) is 5.82 Å². The molecule has 0 amide bonds. The summed E-state index contributed by atoms with van der Waals surface area (Å²) in [4.78, 5) is 4.37. The van der Waals surface area contributed by atoms with E-state index in [-0.39, 0.29) is 0 Å². The molecule has 3 heteroatoms. The Balaban J connectivity index is 2.04. The zero-order chi connectivity index (χ0) is 10.5. The van der Waals surface area contributed by atoms with Gasteiger partial charge in [0, 0.05) is 22.8 Å². The number of nitrogens with zero attached hydrogens (tertiary/aromatic N) is 1. The Bertz CT molecular complexity index is 422. The van der Waals surface area contributed by atoms with Crippen LogP contribution in [-0.2, 0) is 0 Å². The third-order valence-electron chi connectivity index (χ3n) is 2.45. The first-order valence-corrected chi connectivity index (χ1v) is 6.36. The summed E-state index contributed by atoms with van der Waals surface area (Å²) in [5, 5.41) is 6.77. The molecule has 0 atom stereocenters. The number of nitrogens with one attached hydrogen (secondary N) is 1. The first-order valence-electron chi connectivity index (χ1n) is 5.48. The van der Waals surface area contributed by atoms with Crippen LogP contribution < -0.4 is 5.32 Å². The molecule has 1 N–H and O–H groups in total. The van der Waals surface area contributed by atoms with Crippen LogP contribution in [0.4, 0.5) is 5.82 Å². The van der Waals surface area contributed by atoms with Crippen molar-refractivity contribution in [1.82, 2.24) is 4.98 Å². The Hall–Kier alpha value is -1.09. The van der Waals surface area contributed by atoms with E-state index in [2.05, 4.69) is 34.7 Å². The summed E-state index contributed by atoms with van der Waals surface area (Å²) in [6.45, 7) is 3.24. The maximum Gasteiger partial charge on any atom is 0.134 e. The van der Waals surface area contributed by atoms with Gasteiger partial charge in [-0.25, -0.2) is 4.98 Å². The highest BCUT2D eigenvalue weighted by atomic mass is 32.1. The van der Waals surface area contributed by atoms with E-state index in [0.29, 0.717) is 0 Å². The molecule has 0 unspecified atom stereocenters. The van der Waals surface area contributed by atoms with E-state index in [0.717, 1.165) is 12.4 Å². The van der Waals surface area contributed by atoms with Gasteiger partial charge in [0.2, 0.25) is 0 Å². The molecule has 0 spiro atoms. The molecule has 2 aromatic heterocycles. The number of hydrogen-bond acceptors (Lipinski definition) is 3. The van der Waals surface area contributed by atoms with Crippen LogP contribution in [-0.4, -0.2) is 11.5 Å². The summed E-state index contributed by atoms with van der Waals surface area (Å²) in [6.07, 6.45) is 5.64. The number of anilines is 1. The Labute approximate surface area is 94.3 Å². The lowest BCUT2D eigenvalue weighted by molar-refractivity contribution is 0.743. The lowest BCUT2D eigenvalue weighted by Gasteiger charge is -2.05. The minimum atomic E-state index is 1.02. The molecular formula is C12H16N2S. The van der Waals surface area contributed by atoms with Crippen LogP contribution >= 0.6 is 11.3 Å². The van der Waals surface area contributed by atoms with Crippen molar-refractivity contribution in [2.75, 3.05) is 11.9 Å². The lowest BCUT2D eigenvalue weighted by atomic mass is 10.2. The molecule has 80 valence electrons. The fourth-order valence-corrected chi connectivity index (χ4v) is 2.40. The molecule has 0 saturated carbocycles. The van der Waals surface area contributed by atoms with Gasteiger partial charge < -0.3 is 5.32 Å². The Morgan fingerprint density at radius 3 is 3.13 bits per heavy atom. The average Bonchev–Trinajstić information content (AvgIpc) is 2.73. The van der Waals surface area contributed by atoms with Crippen molar-refractivity contribution < 1.29 is 0 Å². The predicted molar refractivity (Wildman–Crippen MR) is 67.6 cm³/mol. The van der Waals surface area contributed by atoms with E-state index in [1.807, 2.05) is 6.20 Å². The van der Waals surface area contributed by atoms with Crippen molar-refractivity contribution in [1.29, 1.82) is 0 Å². The molecule has 0 aromatic carbocycles. The second-order valence-electron chi connectivity index (χ2n) is 3.63. The quantitative estimate of drug-likeness (QED) is 0.773. The molecule has 0 fully saturated rings. The number of fused-ring (bicyclic) bond motifs is 1. The van der Waals surface area contributed by atoms with E-state index in [4.69, 9.17) is 0 Å². The first-order chi connectivity index (χ1) is 7.42. The van der Waals surface area contributed by atoms with E-state index in [1.54, 1.807) is 11.3 Å². The number of rotatable bonds is 5. The number of hydrogen-bond donors (Lipinski definition) is 1. The molecule has 0 aliphatic heterocycles. The minimum Gasteiger partial charge on any atom is -0.370 e. The zero-order valence-electron chi connectivity index (χ0n) is 8.99. The van der Waals surface area contributed by atoms with Crippen LogP contribution in [0.2, 0.25) is 0 Å². The highest BCUT2D eigenvalue weighted by Crippen LogP contribution is 2.25. The van der Waals surface area contributed by atoms with Gasteiger partial charge in [-0.2, -0.15) is 0 Å². The molecule has 0 radical (unpaired) electrons. The van der Waals surface area contributed by atoms with Gasteiger partial charge in [0.05, 0.1) is 0 Å². The SMILES string of the molecule is CCCCCNc1nccc2sccc12. The van der Waals surface area contributed by atoms with Crippen molar-refractivity contribution in [2.24, 2.45) is 0 Å². The van der Waals surface area contributed by atoms with Crippen LogP contribution in [0.25, 0.3) is 10.1 Å². The van der Waals surface area contributed by atoms with Crippen molar-refractivity contribution in [3.05, 3.63) is 23.7 Å². The Kier molecular flexibility index (Phi) is 3.56. The number of pyridine rings is 1. The molecule has 2 rings (SSSR count). The predicted octanol–water partition coefficient (Wildman–Crippen LogP) is 3.90. The summed E-state index contributed by atoms with van der Waals surface area (Å²) < 4.78 is 1.31. The van der Waals surface area contributed by atoms with Gasteiger partial charge in [0.15, 0.2) is 0 Å². The summed E-state index contributed by atoms with van der Waals surface area (Å²) in [5.41, 5.74) is 0. The highest BCUT2D eigenvalue weighted by molar-refractivity contribution is 7.17. The van der Waals surface area contributed by atoms with Gasteiger partial charge >= 0.3 is 0 Å². The molecule has 0 aliphatic carbocycles. The lowest BCUT2D eigenvalue weighted by Crippen LogP contribution is -2.02. The molecular weight excluding hydrogens is 204 g/mol. The molecule has 2 nitrogen and oxygen atoms in total. The summed E-state index contributed by atoms with van der Waals surface area (Å²) in [7, 11) is 0. The minimum absolute atomic E-state index is 1.02. The zero-order valence-corrected chi connectivity index (χ0v) is 9.81. The molecule has 0 saturated heterocycles. The summed E-state index contributed by atoms with van der Waals surface area (Å²) in [6, 6.07) is 4.20. The van der Waals surface area contributed by atoms with E-state index < -0.39 is 0 Å². The summed E-state index contributed by atoms with van der Waals surface area (Å²) >= 11 is 1.77. The summed E-state index contributed by atoms with van der Waals surface area (Å²) in [5.74, 6) is 1.03. The second-order valence-corrected chi connectivity index (χ2v) is 4.57. The monoisotopic (exact) mass is 220 g/mol. The molecule has 0 aliphatic rings. The third kappa shape index (κ3) is 2.48. The smallest absolute Gasteiger partial charge is 0.134 e. The Morgan fingerprint density at radius 1 is 1.33 bits per heavy atom. The van der Waals surface area contributed by atoms with E-state index in [9.17, 15) is 0 Å². The van der Waals surface area contributed by atoms with Crippen molar-refractivity contribution >= 4 is 27.2 Å². The molecule has 2 aromatic rings. The fourth-order valence-electron chi connectivity index (χ4n) is 1.62. The van der Waals surface area contributed by atoms with Gasteiger partial charge in [-0.3, -0.25) is 0 Å². The largest absolute Gasteiger partial charge is 0.370 e. The van der Waals surface area contributed by atoms with Crippen molar-refractivity contribution in [2.45, 2.75) is 26.2 Å². The van der Waals surface area contributed by atoms with Crippen molar-refractivity contribution in [3.8, 4) is 0 Å². The van der Waals surface area contributed by atoms with Gasteiger partial charge in [-0.15, -0.1) is 11.3 Å². The highest BCUT2D eigenvalue weighted by Gasteiger charge is 2.01. The standard InChI is InChI=1S/C12H16N2S/c1-2-3-4-7-13-12-10-6-9-15-11(10)5-8-14-12/h5-6,8-9H,2-4,7H2,1H3,(H,13,14). The van der Waals surface area contributed by atoms with Crippen molar-refractivity contribution in [3.63, 3.8) is 0 Å². The average molecular weight is 220 g/mol. The fraction of sp³-hybridized carbons (Fsp3) is 0.417. The Morgan fingerprint density at radius 2 is 2.27 bits per heavy atom. The van der Waals surface area contributed by atoms with Gasteiger partial charge in [0.25, 0.3) is 0 Å². The molecule has 0 bridgehead atoms. The number of unbranched alkanes of at least 4 members (excludes halogenated alkanes) is 2. The van der Waals surface area contributed by atoms with Crippen LogP contribution in [0.15, 0.2) is 23.7 Å². The van der Waals surface area contributed by atoms with Crippen LogP contribution in [0.5, 0.6) is 0 Å². The maximum absolute atomic E-state index is 4.37. The van der Waals surface area contributed by atoms with Crippen LogP contribution in [0.3, 0.4) is 0 Å².